The van der Waals surface area contributed by atoms with Gasteiger partial charge in [0.05, 0.1) is 13.0 Å². The molecule has 1 aliphatic rings. The number of carbonyl (C=O) groups is 3. The summed E-state index contributed by atoms with van der Waals surface area (Å²) in [5, 5.41) is 9.25. The molecule has 0 aliphatic heterocycles. The number of aliphatic hydroxyl groups excluding tert-OH is 1. The molecule has 1 unspecified atom stereocenters. The number of ketones is 2. The van der Waals surface area contributed by atoms with Gasteiger partial charge in [-0.15, -0.1) is 0 Å². The summed E-state index contributed by atoms with van der Waals surface area (Å²) in [7, 11) is 1.37. The van der Waals surface area contributed by atoms with Gasteiger partial charge in [0.1, 0.15) is 11.9 Å². The van der Waals surface area contributed by atoms with Crippen molar-refractivity contribution in [3.8, 4) is 0 Å². The van der Waals surface area contributed by atoms with Crippen molar-refractivity contribution in [3.63, 3.8) is 0 Å². The molecule has 1 aliphatic carbocycles. The first-order valence-electron chi connectivity index (χ1n) is 6.37. The van der Waals surface area contributed by atoms with Crippen LogP contribution in [0.3, 0.4) is 0 Å². The molecular weight excluding hydrogens is 236 g/mol. The highest BCUT2D eigenvalue weighted by Crippen LogP contribution is 2.24. The number of hydrogen-bond acceptors (Lipinski definition) is 5. The van der Waals surface area contributed by atoms with Crippen LogP contribution < -0.4 is 0 Å². The molecule has 0 aromatic rings. The fourth-order valence-corrected chi connectivity index (χ4v) is 2.20. The number of carbonyl (C=O) groups excluding carboxylic acids is 3. The van der Waals surface area contributed by atoms with Crippen LogP contribution in [0.4, 0.5) is 0 Å². The minimum atomic E-state index is -1.08. The van der Waals surface area contributed by atoms with E-state index in [-0.39, 0.29) is 24.0 Å². The van der Waals surface area contributed by atoms with Gasteiger partial charge in [-0.25, -0.2) is 0 Å². The van der Waals surface area contributed by atoms with Crippen LogP contribution >= 0.6 is 0 Å². The second kappa shape index (κ2) is 7.26. The van der Waals surface area contributed by atoms with Crippen LogP contribution in [0.15, 0.2) is 0 Å². The number of methoxy groups -OCH3 is 1. The van der Waals surface area contributed by atoms with E-state index < -0.39 is 12.0 Å². The second-order valence-electron chi connectivity index (χ2n) is 4.67. The van der Waals surface area contributed by atoms with Crippen LogP contribution in [0.1, 0.15) is 44.9 Å². The standard InChI is InChI=1S/C13H20O5/c1-18-12(16)7-5-3-2-4-6-9-10(14)8-11(15)13(9)17/h9,11,15H,2-8H2,1H3/t9?,11-/m1/s1. The van der Waals surface area contributed by atoms with Crippen LogP contribution in [-0.4, -0.2) is 35.9 Å². The van der Waals surface area contributed by atoms with Crippen LogP contribution in [0.25, 0.3) is 0 Å². The molecule has 0 aromatic carbocycles. The van der Waals surface area contributed by atoms with E-state index in [9.17, 15) is 19.5 Å². The van der Waals surface area contributed by atoms with Crippen LogP contribution in [-0.2, 0) is 19.1 Å². The maximum atomic E-state index is 11.4. The van der Waals surface area contributed by atoms with Crippen LogP contribution in [0.5, 0.6) is 0 Å². The summed E-state index contributed by atoms with van der Waals surface area (Å²) in [5.41, 5.74) is 0. The van der Waals surface area contributed by atoms with Gasteiger partial charge in [-0.3, -0.25) is 14.4 Å². The molecule has 0 aromatic heterocycles. The zero-order chi connectivity index (χ0) is 13.5. The minimum Gasteiger partial charge on any atom is -0.469 e. The van der Waals surface area contributed by atoms with Gasteiger partial charge < -0.3 is 9.84 Å². The molecule has 18 heavy (non-hydrogen) atoms. The first-order chi connectivity index (χ1) is 8.56. The number of Topliss-reactive ketones (excluding diaryl/α,β-unsaturated/α-hetero) is 2. The molecule has 0 heterocycles. The van der Waals surface area contributed by atoms with Gasteiger partial charge in [-0.05, 0) is 12.8 Å². The molecule has 1 saturated carbocycles. The highest BCUT2D eigenvalue weighted by atomic mass is 16.5. The highest BCUT2D eigenvalue weighted by Gasteiger charge is 2.39. The summed E-state index contributed by atoms with van der Waals surface area (Å²) >= 11 is 0. The van der Waals surface area contributed by atoms with E-state index in [2.05, 4.69) is 4.74 Å². The third-order valence-corrected chi connectivity index (χ3v) is 3.31. The van der Waals surface area contributed by atoms with Crippen molar-refractivity contribution in [2.45, 2.75) is 51.0 Å². The number of ether oxygens (including phenoxy) is 1. The third-order valence-electron chi connectivity index (χ3n) is 3.31. The zero-order valence-corrected chi connectivity index (χ0v) is 10.7. The van der Waals surface area contributed by atoms with Crippen LogP contribution in [0, 0.1) is 5.92 Å². The predicted octanol–water partition coefficient (Wildman–Crippen LogP) is 1.02. The molecule has 0 amide bonds. The fraction of sp³-hybridized carbons (Fsp3) is 0.769. The second-order valence-corrected chi connectivity index (χ2v) is 4.67. The Kier molecular flexibility index (Phi) is 5.98. The Hall–Kier alpha value is -1.23. The average molecular weight is 256 g/mol. The number of esters is 1. The molecule has 102 valence electrons. The molecular formula is C13H20O5. The Bertz CT molecular complexity index is 323. The van der Waals surface area contributed by atoms with Crippen molar-refractivity contribution in [1.29, 1.82) is 0 Å². The molecule has 1 rings (SSSR count). The molecule has 0 radical (unpaired) electrons. The van der Waals surface area contributed by atoms with Gasteiger partial charge in [0.25, 0.3) is 0 Å². The lowest BCUT2D eigenvalue weighted by atomic mass is 9.97. The van der Waals surface area contributed by atoms with Crippen molar-refractivity contribution in [2.75, 3.05) is 7.11 Å². The number of unbranched alkanes of at least 4 members (excludes halogenated alkanes) is 3. The molecule has 2 atom stereocenters. The summed E-state index contributed by atoms with van der Waals surface area (Å²) in [4.78, 5) is 33.7. The Balaban J connectivity index is 2.10. The van der Waals surface area contributed by atoms with Crippen molar-refractivity contribution in [3.05, 3.63) is 0 Å². The topological polar surface area (TPSA) is 80.7 Å². The smallest absolute Gasteiger partial charge is 0.305 e. The Labute approximate surface area is 107 Å². The summed E-state index contributed by atoms with van der Waals surface area (Å²) < 4.78 is 4.52. The lowest BCUT2D eigenvalue weighted by Crippen LogP contribution is -2.19. The van der Waals surface area contributed by atoms with Crippen LogP contribution in [0.2, 0.25) is 0 Å². The maximum absolute atomic E-state index is 11.4. The highest BCUT2D eigenvalue weighted by molar-refractivity contribution is 6.11. The van der Waals surface area contributed by atoms with E-state index in [1.165, 1.54) is 7.11 Å². The summed E-state index contributed by atoms with van der Waals surface area (Å²) in [6.45, 7) is 0. The summed E-state index contributed by atoms with van der Waals surface area (Å²) in [6.07, 6.45) is 3.13. The molecule has 0 saturated heterocycles. The number of hydrogen-bond donors (Lipinski definition) is 1. The number of rotatable bonds is 7. The lowest BCUT2D eigenvalue weighted by Gasteiger charge is -2.06. The summed E-state index contributed by atoms with van der Waals surface area (Å²) in [6, 6.07) is 0. The lowest BCUT2D eigenvalue weighted by molar-refractivity contribution is -0.140. The zero-order valence-electron chi connectivity index (χ0n) is 10.7. The van der Waals surface area contributed by atoms with Crippen molar-refractivity contribution < 1.29 is 24.2 Å². The molecule has 0 spiro atoms. The van der Waals surface area contributed by atoms with Gasteiger partial charge in [-0.2, -0.15) is 0 Å². The van der Waals surface area contributed by atoms with E-state index in [4.69, 9.17) is 0 Å². The molecule has 0 bridgehead atoms. The third kappa shape index (κ3) is 4.22. The first-order valence-corrected chi connectivity index (χ1v) is 6.37. The van der Waals surface area contributed by atoms with Crippen molar-refractivity contribution >= 4 is 17.5 Å². The number of aliphatic hydroxyl groups is 1. The van der Waals surface area contributed by atoms with E-state index in [1.807, 2.05) is 0 Å². The van der Waals surface area contributed by atoms with Gasteiger partial charge >= 0.3 is 5.97 Å². The SMILES string of the molecule is COC(=O)CCCCCCC1C(=O)C[C@@H](O)C1=O. The van der Waals surface area contributed by atoms with E-state index >= 15 is 0 Å². The Morgan fingerprint density at radius 2 is 1.94 bits per heavy atom. The predicted molar refractivity (Wildman–Crippen MR) is 63.8 cm³/mol. The quantitative estimate of drug-likeness (QED) is 0.418. The van der Waals surface area contributed by atoms with E-state index in [1.54, 1.807) is 0 Å². The molecule has 1 fully saturated rings. The Morgan fingerprint density at radius 3 is 2.50 bits per heavy atom. The first kappa shape index (κ1) is 14.8. The van der Waals surface area contributed by atoms with Gasteiger partial charge in [0, 0.05) is 12.8 Å². The van der Waals surface area contributed by atoms with Gasteiger partial charge in [-0.1, -0.05) is 19.3 Å². The normalized spacial score (nSPS) is 23.4. The fourth-order valence-electron chi connectivity index (χ4n) is 2.20. The van der Waals surface area contributed by atoms with Crippen molar-refractivity contribution in [1.82, 2.24) is 0 Å². The van der Waals surface area contributed by atoms with E-state index in [0.29, 0.717) is 12.8 Å². The molecule has 5 heteroatoms. The molecule has 5 nitrogen and oxygen atoms in total. The monoisotopic (exact) mass is 256 g/mol. The summed E-state index contributed by atoms with van der Waals surface area (Å²) in [5.74, 6) is -1.27. The Morgan fingerprint density at radius 1 is 1.28 bits per heavy atom. The molecule has 1 N–H and O–H groups in total. The minimum absolute atomic E-state index is 0.0220. The van der Waals surface area contributed by atoms with Gasteiger partial charge in [0.2, 0.25) is 0 Å². The largest absolute Gasteiger partial charge is 0.469 e. The van der Waals surface area contributed by atoms with E-state index in [0.717, 1.165) is 25.7 Å². The average Bonchev–Trinajstić information content (AvgIpc) is 2.59. The van der Waals surface area contributed by atoms with Gasteiger partial charge in [0.15, 0.2) is 5.78 Å². The maximum Gasteiger partial charge on any atom is 0.305 e. The van der Waals surface area contributed by atoms with Crippen molar-refractivity contribution in [2.24, 2.45) is 5.92 Å².